The van der Waals surface area contributed by atoms with Gasteiger partial charge >= 0.3 is 0 Å². The van der Waals surface area contributed by atoms with Crippen molar-refractivity contribution in [2.45, 2.75) is 6.54 Å². The molecule has 0 aliphatic heterocycles. The number of nitrogens with zero attached hydrogens (tertiary/aromatic N) is 4. The Balaban J connectivity index is 1.29. The molecule has 3 aromatic heterocycles. The number of furan rings is 1. The molecule has 0 saturated carbocycles. The van der Waals surface area contributed by atoms with Gasteiger partial charge in [0.05, 0.1) is 17.4 Å². The van der Waals surface area contributed by atoms with Crippen LogP contribution in [0.2, 0.25) is 0 Å². The summed E-state index contributed by atoms with van der Waals surface area (Å²) in [6.07, 6.45) is 3.53. The number of rotatable bonds is 7. The van der Waals surface area contributed by atoms with E-state index >= 15 is 0 Å². The number of fused-ring (bicyclic) bond motifs is 4. The number of carbonyl (C=O) groups is 1. The van der Waals surface area contributed by atoms with Crippen molar-refractivity contribution in [3.63, 3.8) is 0 Å². The van der Waals surface area contributed by atoms with Crippen LogP contribution in [0.1, 0.15) is 15.9 Å². The molecule has 0 radical (unpaired) electrons. The summed E-state index contributed by atoms with van der Waals surface area (Å²) < 4.78 is 8.19. The summed E-state index contributed by atoms with van der Waals surface area (Å²) in [5.41, 5.74) is 6.55. The van der Waals surface area contributed by atoms with E-state index < -0.39 is 0 Å². The first-order valence-electron chi connectivity index (χ1n) is 13.3. The molecule has 0 fully saturated rings. The largest absolute Gasteiger partial charge is 0.454 e. The van der Waals surface area contributed by atoms with Crippen LogP contribution in [0.4, 0.5) is 23.0 Å². The molecular weight excluding hydrogens is 512 g/mol. The van der Waals surface area contributed by atoms with Crippen molar-refractivity contribution in [1.29, 1.82) is 0 Å². The molecular formula is C33H26N6O2. The van der Waals surface area contributed by atoms with Gasteiger partial charge in [-0.15, -0.1) is 0 Å². The maximum atomic E-state index is 12.9. The Hall–Kier alpha value is -5.47. The summed E-state index contributed by atoms with van der Waals surface area (Å²) in [6.45, 7) is 0.753. The van der Waals surface area contributed by atoms with Gasteiger partial charge in [0.1, 0.15) is 5.58 Å². The van der Waals surface area contributed by atoms with E-state index in [1.807, 2.05) is 103 Å². The summed E-state index contributed by atoms with van der Waals surface area (Å²) in [5, 5.41) is 12.7. The molecule has 0 saturated heterocycles. The van der Waals surface area contributed by atoms with Crippen molar-refractivity contribution >= 4 is 56.4 Å². The SMILES string of the molecule is CNCc1ccc(C(=O)Nc2ccc(N(c3cccc4c3oc3ccccc34)c3nccc4ccnn34)cc2)cc1. The number of carbonyl (C=O) groups excluding carboxylic acids is 1. The number of amides is 1. The number of hydrogen-bond acceptors (Lipinski definition) is 6. The highest BCUT2D eigenvalue weighted by atomic mass is 16.3. The highest BCUT2D eigenvalue weighted by Crippen LogP contribution is 2.41. The first-order valence-corrected chi connectivity index (χ1v) is 13.3. The van der Waals surface area contributed by atoms with Gasteiger partial charge < -0.3 is 15.1 Å². The van der Waals surface area contributed by atoms with Gasteiger partial charge in [-0.2, -0.15) is 9.61 Å². The molecule has 7 rings (SSSR count). The third kappa shape index (κ3) is 4.46. The van der Waals surface area contributed by atoms with E-state index in [0.717, 1.165) is 50.9 Å². The second-order valence-electron chi connectivity index (χ2n) is 9.73. The lowest BCUT2D eigenvalue weighted by Crippen LogP contribution is -2.16. The van der Waals surface area contributed by atoms with Crippen molar-refractivity contribution in [2.24, 2.45) is 0 Å². The van der Waals surface area contributed by atoms with Gasteiger partial charge in [-0.3, -0.25) is 9.69 Å². The standard InChI is InChI=1S/C33H26N6O2/c1-34-21-22-9-11-23(12-10-22)32(40)37-24-13-15-25(16-14-24)38(33-35-19-17-26-18-20-36-39(26)33)29-7-4-6-28-27-5-2-3-8-30(27)41-31(28)29/h2-20,34H,21H2,1H3,(H,37,40). The zero-order chi connectivity index (χ0) is 27.8. The summed E-state index contributed by atoms with van der Waals surface area (Å²) in [7, 11) is 1.90. The molecule has 0 spiro atoms. The van der Waals surface area contributed by atoms with Gasteiger partial charge in [-0.25, -0.2) is 4.98 Å². The maximum absolute atomic E-state index is 12.9. The van der Waals surface area contributed by atoms with Crippen molar-refractivity contribution in [3.05, 3.63) is 127 Å². The van der Waals surface area contributed by atoms with E-state index in [4.69, 9.17) is 9.40 Å². The summed E-state index contributed by atoms with van der Waals surface area (Å²) >= 11 is 0. The molecule has 0 atom stereocenters. The average Bonchev–Trinajstić information content (AvgIpc) is 3.65. The van der Waals surface area contributed by atoms with E-state index in [1.165, 1.54) is 0 Å². The molecule has 4 aromatic carbocycles. The lowest BCUT2D eigenvalue weighted by Gasteiger charge is -2.24. The van der Waals surface area contributed by atoms with Crippen molar-refractivity contribution < 1.29 is 9.21 Å². The number of hydrogen-bond donors (Lipinski definition) is 2. The van der Waals surface area contributed by atoms with E-state index in [0.29, 0.717) is 17.2 Å². The fraction of sp³-hybridized carbons (Fsp3) is 0.0606. The summed E-state index contributed by atoms with van der Waals surface area (Å²) in [4.78, 5) is 19.7. The number of aromatic nitrogens is 3. The minimum absolute atomic E-state index is 0.166. The average molecular weight is 539 g/mol. The first kappa shape index (κ1) is 24.6. The van der Waals surface area contributed by atoms with Crippen molar-refractivity contribution in [2.75, 3.05) is 17.3 Å². The first-order chi connectivity index (χ1) is 20.2. The number of nitrogens with one attached hydrogen (secondary N) is 2. The van der Waals surface area contributed by atoms with Crippen LogP contribution in [-0.4, -0.2) is 27.6 Å². The second kappa shape index (κ2) is 10.3. The van der Waals surface area contributed by atoms with Crippen molar-refractivity contribution in [1.82, 2.24) is 19.9 Å². The Morgan fingerprint density at radius 2 is 1.63 bits per heavy atom. The van der Waals surface area contributed by atoms with Crippen LogP contribution in [-0.2, 0) is 6.54 Å². The topological polar surface area (TPSA) is 87.7 Å². The lowest BCUT2D eigenvalue weighted by atomic mass is 10.1. The second-order valence-corrected chi connectivity index (χ2v) is 9.73. The Morgan fingerprint density at radius 1 is 0.854 bits per heavy atom. The van der Waals surface area contributed by atoms with Gasteiger partial charge in [0, 0.05) is 40.5 Å². The normalized spacial score (nSPS) is 11.3. The van der Waals surface area contributed by atoms with Gasteiger partial charge in [0.15, 0.2) is 5.58 Å². The molecule has 0 unspecified atom stereocenters. The Morgan fingerprint density at radius 3 is 2.46 bits per heavy atom. The van der Waals surface area contributed by atoms with Gasteiger partial charge in [0.25, 0.3) is 5.91 Å². The molecule has 0 aliphatic carbocycles. The van der Waals surface area contributed by atoms with E-state index in [9.17, 15) is 4.79 Å². The van der Waals surface area contributed by atoms with E-state index in [2.05, 4.69) is 27.9 Å². The van der Waals surface area contributed by atoms with Crippen molar-refractivity contribution in [3.8, 4) is 0 Å². The van der Waals surface area contributed by atoms with Crippen LogP contribution >= 0.6 is 0 Å². The third-order valence-electron chi connectivity index (χ3n) is 7.10. The third-order valence-corrected chi connectivity index (χ3v) is 7.10. The Bertz CT molecular complexity index is 2010. The number of benzene rings is 4. The molecule has 0 bridgehead atoms. The quantitative estimate of drug-likeness (QED) is 0.226. The highest BCUT2D eigenvalue weighted by molar-refractivity contribution is 6.10. The zero-order valence-electron chi connectivity index (χ0n) is 22.3. The highest BCUT2D eigenvalue weighted by Gasteiger charge is 2.22. The Labute approximate surface area is 235 Å². The molecule has 8 heteroatoms. The molecule has 2 N–H and O–H groups in total. The van der Waals surface area contributed by atoms with Gasteiger partial charge in [-0.05, 0) is 73.3 Å². The minimum atomic E-state index is -0.166. The van der Waals surface area contributed by atoms with E-state index in [1.54, 1.807) is 16.9 Å². The molecule has 3 heterocycles. The predicted molar refractivity (Wildman–Crippen MR) is 162 cm³/mol. The summed E-state index contributed by atoms with van der Waals surface area (Å²) in [6, 6.07) is 33.2. The minimum Gasteiger partial charge on any atom is -0.454 e. The smallest absolute Gasteiger partial charge is 0.255 e. The van der Waals surface area contributed by atoms with Gasteiger partial charge in [0.2, 0.25) is 5.95 Å². The van der Waals surface area contributed by atoms with Crippen LogP contribution in [0.5, 0.6) is 0 Å². The van der Waals surface area contributed by atoms with E-state index in [-0.39, 0.29) is 5.91 Å². The van der Waals surface area contributed by atoms with Gasteiger partial charge in [-0.1, -0.05) is 42.5 Å². The zero-order valence-corrected chi connectivity index (χ0v) is 22.3. The van der Waals surface area contributed by atoms with Crippen LogP contribution in [0.3, 0.4) is 0 Å². The molecule has 8 nitrogen and oxygen atoms in total. The van der Waals surface area contributed by atoms with Crippen LogP contribution in [0.25, 0.3) is 27.5 Å². The fourth-order valence-electron chi connectivity index (χ4n) is 5.14. The Kier molecular flexibility index (Phi) is 6.14. The fourth-order valence-corrected chi connectivity index (χ4v) is 5.14. The molecule has 0 aliphatic rings. The number of anilines is 4. The predicted octanol–water partition coefficient (Wildman–Crippen LogP) is 7.07. The van der Waals surface area contributed by atoms with Crippen LogP contribution < -0.4 is 15.5 Å². The molecule has 7 aromatic rings. The molecule has 1 amide bonds. The summed E-state index contributed by atoms with van der Waals surface area (Å²) in [5.74, 6) is 0.444. The molecule has 41 heavy (non-hydrogen) atoms. The number of para-hydroxylation sites is 2. The maximum Gasteiger partial charge on any atom is 0.255 e. The lowest BCUT2D eigenvalue weighted by molar-refractivity contribution is 0.102. The molecule has 200 valence electrons. The van der Waals surface area contributed by atoms with Crippen LogP contribution in [0, 0.1) is 0 Å². The van der Waals surface area contributed by atoms with Crippen LogP contribution in [0.15, 0.2) is 120 Å². The monoisotopic (exact) mass is 538 g/mol.